The summed E-state index contributed by atoms with van der Waals surface area (Å²) in [5.74, 6) is 0. The molecule has 0 aliphatic heterocycles. The molecule has 0 aromatic heterocycles. The Morgan fingerprint density at radius 2 is 1.00 bits per heavy atom. The van der Waals surface area contributed by atoms with E-state index in [1.165, 1.54) is 10.8 Å². The molecule has 0 radical (unpaired) electrons. The maximum Gasteiger partial charge on any atom is 0.314 e. The standard InChI is InChI=1S/C10H8.CH2O.H3O3P/c1-2-6-10-8-4-3-7-9(10)5-1;1-2;1-4(2)3/h1-8H;1H2;4H,(H2,1,2,3). The molecule has 16 heavy (non-hydrogen) atoms. The second-order valence-electron chi connectivity index (χ2n) is 2.63. The molecule has 0 amide bonds. The molecule has 2 N–H and O–H groups in total. The molecule has 0 aliphatic carbocycles. The van der Waals surface area contributed by atoms with Crippen LogP contribution < -0.4 is 0 Å². The van der Waals surface area contributed by atoms with Crippen molar-refractivity contribution < 1.29 is 19.1 Å². The summed E-state index contributed by atoms with van der Waals surface area (Å²) in [6, 6.07) is 16.7. The summed E-state index contributed by atoms with van der Waals surface area (Å²) in [5, 5.41) is 2.62. The Morgan fingerprint density at radius 1 is 0.812 bits per heavy atom. The Hall–Kier alpha value is -1.48. The van der Waals surface area contributed by atoms with Crippen molar-refractivity contribution in [3.63, 3.8) is 0 Å². The normalized spacial score (nSPS) is 8.69. The number of carbonyl (C=O) groups is 1. The van der Waals surface area contributed by atoms with E-state index in [0.717, 1.165) is 0 Å². The first-order valence-electron chi connectivity index (χ1n) is 4.34. The lowest BCUT2D eigenvalue weighted by Crippen LogP contribution is -1.67. The van der Waals surface area contributed by atoms with Crippen LogP contribution in [0.1, 0.15) is 0 Å². The number of fused-ring (bicyclic) bond motifs is 1. The SMILES string of the molecule is C=O.O=[PH](O)O.c1ccc2ccccc2c1. The number of carbonyl (C=O) groups excluding carboxylic acids is 1. The number of hydrogen-bond donors (Lipinski definition) is 2. The fourth-order valence-corrected chi connectivity index (χ4v) is 1.13. The van der Waals surface area contributed by atoms with Crippen LogP contribution in [0.2, 0.25) is 0 Å². The third-order valence-electron chi connectivity index (χ3n) is 1.66. The summed E-state index contributed by atoms with van der Waals surface area (Å²) in [5.41, 5.74) is 0. The van der Waals surface area contributed by atoms with Gasteiger partial charge in [-0.05, 0) is 10.8 Å². The summed E-state index contributed by atoms with van der Waals surface area (Å²) in [6.45, 7) is 2.00. The molecule has 0 atom stereocenters. The van der Waals surface area contributed by atoms with Gasteiger partial charge in [0.25, 0.3) is 0 Å². The molecule has 2 aromatic rings. The van der Waals surface area contributed by atoms with Crippen LogP contribution in [0, 0.1) is 0 Å². The Morgan fingerprint density at radius 3 is 1.19 bits per heavy atom. The molecule has 4 nitrogen and oxygen atoms in total. The second kappa shape index (κ2) is 8.80. The van der Waals surface area contributed by atoms with Crippen molar-refractivity contribution in [2.45, 2.75) is 0 Å². The van der Waals surface area contributed by atoms with Gasteiger partial charge in [0.1, 0.15) is 6.79 Å². The van der Waals surface area contributed by atoms with Gasteiger partial charge in [-0.1, -0.05) is 48.5 Å². The van der Waals surface area contributed by atoms with Crippen LogP contribution in [-0.2, 0) is 9.36 Å². The Bertz CT molecular complexity index is 375. The first-order chi connectivity index (χ1) is 7.70. The monoisotopic (exact) mass is 240 g/mol. The molecule has 2 rings (SSSR count). The second-order valence-corrected chi connectivity index (χ2v) is 3.19. The van der Waals surface area contributed by atoms with Crippen LogP contribution in [-0.4, -0.2) is 16.6 Å². The van der Waals surface area contributed by atoms with Crippen molar-refractivity contribution in [2.75, 3.05) is 0 Å². The molecule has 0 heterocycles. The highest BCUT2D eigenvalue weighted by atomic mass is 31.1. The highest BCUT2D eigenvalue weighted by Crippen LogP contribution is 2.11. The molecule has 0 fully saturated rings. The van der Waals surface area contributed by atoms with Crippen LogP contribution >= 0.6 is 8.25 Å². The Labute approximate surface area is 94.1 Å². The average Bonchev–Trinajstić information content (AvgIpc) is 2.31. The molecule has 0 bridgehead atoms. The van der Waals surface area contributed by atoms with Crippen LogP contribution in [0.3, 0.4) is 0 Å². The zero-order chi connectivity index (χ0) is 12.4. The van der Waals surface area contributed by atoms with Crippen molar-refractivity contribution in [3.05, 3.63) is 48.5 Å². The van der Waals surface area contributed by atoms with Crippen molar-refractivity contribution in [2.24, 2.45) is 0 Å². The quantitative estimate of drug-likeness (QED) is 0.691. The van der Waals surface area contributed by atoms with E-state index in [9.17, 15) is 0 Å². The average molecular weight is 240 g/mol. The predicted molar refractivity (Wildman–Crippen MR) is 64.5 cm³/mol. The molecule has 2 aromatic carbocycles. The highest BCUT2D eigenvalue weighted by molar-refractivity contribution is 7.30. The zero-order valence-electron chi connectivity index (χ0n) is 8.54. The van der Waals surface area contributed by atoms with Gasteiger partial charge in [-0.25, -0.2) is 0 Å². The van der Waals surface area contributed by atoms with Gasteiger partial charge in [0, 0.05) is 0 Å². The minimum atomic E-state index is -3.13. The first kappa shape index (κ1) is 14.5. The number of rotatable bonds is 0. The molecule has 0 saturated heterocycles. The first-order valence-corrected chi connectivity index (χ1v) is 5.65. The fourth-order valence-electron chi connectivity index (χ4n) is 1.13. The lowest BCUT2D eigenvalue weighted by molar-refractivity contribution is -0.0979. The van der Waals surface area contributed by atoms with Crippen molar-refractivity contribution >= 4 is 25.8 Å². The summed E-state index contributed by atoms with van der Waals surface area (Å²) < 4.78 is 8.74. The van der Waals surface area contributed by atoms with E-state index in [1.54, 1.807) is 0 Å². The van der Waals surface area contributed by atoms with Gasteiger partial charge >= 0.3 is 8.25 Å². The molecule has 0 spiro atoms. The predicted octanol–water partition coefficient (Wildman–Crippen LogP) is 2.02. The van der Waals surface area contributed by atoms with Crippen LogP contribution in [0.25, 0.3) is 10.8 Å². The molecule has 0 aliphatic rings. The minimum Gasteiger partial charge on any atom is -0.326 e. The van der Waals surface area contributed by atoms with Crippen LogP contribution in [0.4, 0.5) is 0 Å². The van der Waals surface area contributed by atoms with Gasteiger partial charge in [-0.15, -0.1) is 0 Å². The Kier molecular flexibility index (Phi) is 7.98. The van der Waals surface area contributed by atoms with Gasteiger partial charge in [0.05, 0.1) is 0 Å². The topological polar surface area (TPSA) is 74.6 Å². The van der Waals surface area contributed by atoms with Crippen molar-refractivity contribution in [3.8, 4) is 0 Å². The van der Waals surface area contributed by atoms with E-state index in [2.05, 4.69) is 48.5 Å². The van der Waals surface area contributed by atoms with Crippen molar-refractivity contribution in [1.29, 1.82) is 0 Å². The molecule has 5 heteroatoms. The van der Waals surface area contributed by atoms with Gasteiger partial charge in [0.2, 0.25) is 0 Å². The molecular formula is C11H13O4P. The summed E-state index contributed by atoms with van der Waals surface area (Å²) >= 11 is 0. The zero-order valence-corrected chi connectivity index (χ0v) is 9.54. The maximum atomic E-state index is 8.74. The summed E-state index contributed by atoms with van der Waals surface area (Å²) in [7, 11) is -3.13. The molecule has 86 valence electrons. The largest absolute Gasteiger partial charge is 0.326 e. The summed E-state index contributed by atoms with van der Waals surface area (Å²) in [6.07, 6.45) is 0. The third kappa shape index (κ3) is 6.09. The van der Waals surface area contributed by atoms with Gasteiger partial charge < -0.3 is 14.6 Å². The number of benzene rings is 2. The van der Waals surface area contributed by atoms with E-state index < -0.39 is 8.25 Å². The van der Waals surface area contributed by atoms with Crippen molar-refractivity contribution in [1.82, 2.24) is 0 Å². The van der Waals surface area contributed by atoms with E-state index in [4.69, 9.17) is 19.1 Å². The summed E-state index contributed by atoms with van der Waals surface area (Å²) in [4.78, 5) is 22.3. The smallest absolute Gasteiger partial charge is 0.314 e. The fraction of sp³-hybridized carbons (Fsp3) is 0. The lowest BCUT2D eigenvalue weighted by atomic mass is 10.1. The van der Waals surface area contributed by atoms with Gasteiger partial charge in [0.15, 0.2) is 0 Å². The van der Waals surface area contributed by atoms with Gasteiger partial charge in [-0.3, -0.25) is 4.57 Å². The maximum absolute atomic E-state index is 8.74. The van der Waals surface area contributed by atoms with Crippen LogP contribution in [0.15, 0.2) is 48.5 Å². The number of hydrogen-bond acceptors (Lipinski definition) is 2. The van der Waals surface area contributed by atoms with E-state index in [-0.39, 0.29) is 0 Å². The molecular weight excluding hydrogens is 227 g/mol. The molecule has 0 unspecified atom stereocenters. The lowest BCUT2D eigenvalue weighted by Gasteiger charge is -1.92. The van der Waals surface area contributed by atoms with E-state index in [1.807, 2.05) is 6.79 Å². The molecule has 0 saturated carbocycles. The third-order valence-corrected chi connectivity index (χ3v) is 1.66. The van der Waals surface area contributed by atoms with E-state index >= 15 is 0 Å². The Balaban J connectivity index is 0.000000323. The van der Waals surface area contributed by atoms with Gasteiger partial charge in [-0.2, -0.15) is 0 Å². The minimum absolute atomic E-state index is 1.31. The van der Waals surface area contributed by atoms with Crippen LogP contribution in [0.5, 0.6) is 0 Å². The van der Waals surface area contributed by atoms with E-state index in [0.29, 0.717) is 0 Å². The highest BCUT2D eigenvalue weighted by Gasteiger charge is 1.85.